The molecule has 36 heavy (non-hydrogen) atoms. The molecule has 7 nitrogen and oxygen atoms in total. The Balaban J connectivity index is 1.48. The molecule has 4 rings (SSSR count). The number of methoxy groups -OCH3 is 1. The van der Waals surface area contributed by atoms with Crippen molar-refractivity contribution in [1.82, 2.24) is 0 Å². The molecule has 1 aliphatic rings. The highest BCUT2D eigenvalue weighted by molar-refractivity contribution is 6.03. The van der Waals surface area contributed by atoms with Crippen molar-refractivity contribution in [3.63, 3.8) is 0 Å². The van der Waals surface area contributed by atoms with Gasteiger partial charge in [-0.15, -0.1) is 0 Å². The number of nitrogens with one attached hydrogen (secondary N) is 1. The molecule has 1 N–H and O–H groups in total. The fraction of sp³-hybridized carbons (Fsp3) is 0.308. The van der Waals surface area contributed by atoms with Crippen LogP contribution in [0, 0.1) is 11.3 Å². The second kappa shape index (κ2) is 10.7. The average molecular weight is 499 g/mol. The smallest absolute Gasteiger partial charge is 0.418 e. The van der Waals surface area contributed by atoms with Crippen LogP contribution in [0.3, 0.4) is 0 Å². The summed E-state index contributed by atoms with van der Waals surface area (Å²) in [6.45, 7) is 0.860. The van der Waals surface area contributed by atoms with Crippen molar-refractivity contribution in [2.24, 2.45) is 0 Å². The molecule has 0 spiro atoms. The Morgan fingerprint density at radius 1 is 1.19 bits per heavy atom. The molecule has 1 fully saturated rings. The molecule has 1 aromatic heterocycles. The van der Waals surface area contributed by atoms with Gasteiger partial charge < -0.3 is 24.1 Å². The summed E-state index contributed by atoms with van der Waals surface area (Å²) in [6.07, 6.45) is -1.99. The van der Waals surface area contributed by atoms with Crippen molar-refractivity contribution >= 4 is 17.3 Å². The summed E-state index contributed by atoms with van der Waals surface area (Å²) >= 11 is 0. The Labute approximate surface area is 206 Å². The number of hydrogen-bond acceptors (Lipinski definition) is 6. The minimum atomic E-state index is -4.60. The highest BCUT2D eigenvalue weighted by Gasteiger charge is 2.36. The molecule has 1 saturated heterocycles. The summed E-state index contributed by atoms with van der Waals surface area (Å²) in [5, 5.41) is 11.5. The zero-order valence-corrected chi connectivity index (χ0v) is 19.5. The van der Waals surface area contributed by atoms with Gasteiger partial charge in [-0.05, 0) is 55.3 Å². The largest absolute Gasteiger partial charge is 0.489 e. The topological polar surface area (TPSA) is 87.7 Å². The first-order valence-corrected chi connectivity index (χ1v) is 11.3. The van der Waals surface area contributed by atoms with E-state index in [-0.39, 0.29) is 29.8 Å². The number of carbonyl (C=O) groups is 1. The molecule has 0 radical (unpaired) electrons. The van der Waals surface area contributed by atoms with Crippen LogP contribution in [0.25, 0.3) is 0 Å². The van der Waals surface area contributed by atoms with Crippen LogP contribution in [0.2, 0.25) is 0 Å². The number of benzene rings is 2. The van der Waals surface area contributed by atoms with Gasteiger partial charge in [0.15, 0.2) is 5.76 Å². The molecule has 188 valence electrons. The molecule has 2 aromatic carbocycles. The zero-order chi connectivity index (χ0) is 25.7. The van der Waals surface area contributed by atoms with Gasteiger partial charge in [-0.1, -0.05) is 6.07 Å². The first-order chi connectivity index (χ1) is 17.3. The Kier molecular flexibility index (Phi) is 7.50. The number of nitrogens with zero attached hydrogens (tertiary/aromatic N) is 2. The van der Waals surface area contributed by atoms with Gasteiger partial charge in [-0.2, -0.15) is 18.4 Å². The van der Waals surface area contributed by atoms with Crippen molar-refractivity contribution in [3.8, 4) is 11.8 Å². The van der Waals surface area contributed by atoms with E-state index in [0.29, 0.717) is 42.8 Å². The molecule has 2 heterocycles. The van der Waals surface area contributed by atoms with E-state index in [0.717, 1.165) is 6.07 Å². The third-order valence-corrected chi connectivity index (χ3v) is 5.99. The SMILES string of the molecule is COC1CCN(c2ccc(NC(=O)c3occc3COc3cccc(C#N)c3)cc2C(F)(F)F)CC1. The lowest BCUT2D eigenvalue weighted by Crippen LogP contribution is -2.37. The second-order valence-electron chi connectivity index (χ2n) is 8.31. The molecule has 0 aliphatic carbocycles. The van der Waals surface area contributed by atoms with Crippen LogP contribution in [0.5, 0.6) is 5.75 Å². The normalized spacial score (nSPS) is 14.4. The van der Waals surface area contributed by atoms with Gasteiger partial charge >= 0.3 is 6.18 Å². The van der Waals surface area contributed by atoms with E-state index in [1.807, 2.05) is 6.07 Å². The number of piperidine rings is 1. The Hall–Kier alpha value is -3.97. The fourth-order valence-electron chi connectivity index (χ4n) is 4.10. The van der Waals surface area contributed by atoms with Gasteiger partial charge in [0.25, 0.3) is 5.91 Å². The quantitative estimate of drug-likeness (QED) is 0.454. The highest BCUT2D eigenvalue weighted by atomic mass is 19.4. The molecular formula is C26H24F3N3O4. The van der Waals surface area contributed by atoms with Gasteiger partial charge in [-0.25, -0.2) is 0 Å². The van der Waals surface area contributed by atoms with E-state index in [4.69, 9.17) is 19.2 Å². The van der Waals surface area contributed by atoms with Gasteiger partial charge in [0.05, 0.1) is 29.6 Å². The van der Waals surface area contributed by atoms with Gasteiger partial charge in [0, 0.05) is 37.1 Å². The lowest BCUT2D eigenvalue weighted by atomic mass is 10.0. The van der Waals surface area contributed by atoms with Crippen LogP contribution in [0.4, 0.5) is 24.5 Å². The third-order valence-electron chi connectivity index (χ3n) is 5.99. The van der Waals surface area contributed by atoms with E-state index in [9.17, 15) is 18.0 Å². The van der Waals surface area contributed by atoms with E-state index in [1.54, 1.807) is 36.3 Å². The zero-order valence-electron chi connectivity index (χ0n) is 19.5. The summed E-state index contributed by atoms with van der Waals surface area (Å²) < 4.78 is 57.9. The fourth-order valence-corrected chi connectivity index (χ4v) is 4.10. The van der Waals surface area contributed by atoms with Crippen molar-refractivity contribution < 1.29 is 31.9 Å². The van der Waals surface area contributed by atoms with Crippen LogP contribution in [-0.4, -0.2) is 32.2 Å². The van der Waals surface area contributed by atoms with Crippen molar-refractivity contribution in [2.75, 3.05) is 30.4 Å². The summed E-state index contributed by atoms with van der Waals surface area (Å²) in [5.74, 6) is -0.349. The molecule has 1 aliphatic heterocycles. The summed E-state index contributed by atoms with van der Waals surface area (Å²) in [6, 6.07) is 13.8. The van der Waals surface area contributed by atoms with E-state index in [1.165, 1.54) is 24.5 Å². The Morgan fingerprint density at radius 3 is 2.67 bits per heavy atom. The van der Waals surface area contributed by atoms with Crippen molar-refractivity contribution in [2.45, 2.75) is 31.7 Å². The monoisotopic (exact) mass is 499 g/mol. The van der Waals surface area contributed by atoms with E-state index < -0.39 is 17.6 Å². The molecule has 1 amide bonds. The number of nitriles is 1. The van der Waals surface area contributed by atoms with Gasteiger partial charge in [-0.3, -0.25) is 4.79 Å². The summed E-state index contributed by atoms with van der Waals surface area (Å²) in [4.78, 5) is 14.5. The number of rotatable bonds is 7. The minimum Gasteiger partial charge on any atom is -0.489 e. The predicted molar refractivity (Wildman–Crippen MR) is 126 cm³/mol. The summed E-state index contributed by atoms with van der Waals surface area (Å²) in [5.41, 5.74) is 0.0688. The Morgan fingerprint density at radius 2 is 1.97 bits per heavy atom. The van der Waals surface area contributed by atoms with Crippen molar-refractivity contribution in [3.05, 3.63) is 77.2 Å². The second-order valence-corrected chi connectivity index (χ2v) is 8.31. The van der Waals surface area contributed by atoms with Gasteiger partial charge in [0.2, 0.25) is 0 Å². The van der Waals surface area contributed by atoms with Crippen LogP contribution < -0.4 is 15.0 Å². The molecular weight excluding hydrogens is 475 g/mol. The molecule has 0 unspecified atom stereocenters. The van der Waals surface area contributed by atoms with Crippen LogP contribution >= 0.6 is 0 Å². The first kappa shape index (κ1) is 25.1. The predicted octanol–water partition coefficient (Wildman–Crippen LogP) is 5.62. The summed E-state index contributed by atoms with van der Waals surface area (Å²) in [7, 11) is 1.60. The van der Waals surface area contributed by atoms with Crippen LogP contribution in [0.15, 0.2) is 59.2 Å². The number of alkyl halides is 3. The van der Waals surface area contributed by atoms with Crippen LogP contribution in [0.1, 0.15) is 40.1 Å². The number of halogens is 3. The lowest BCUT2D eigenvalue weighted by molar-refractivity contribution is -0.137. The molecule has 0 bridgehead atoms. The maximum atomic E-state index is 13.9. The Bertz CT molecular complexity index is 1260. The lowest BCUT2D eigenvalue weighted by Gasteiger charge is -2.34. The van der Waals surface area contributed by atoms with E-state index >= 15 is 0 Å². The average Bonchev–Trinajstić information content (AvgIpc) is 3.36. The number of anilines is 2. The third kappa shape index (κ3) is 5.80. The highest BCUT2D eigenvalue weighted by Crippen LogP contribution is 2.39. The van der Waals surface area contributed by atoms with Gasteiger partial charge in [0.1, 0.15) is 12.4 Å². The standard InChI is InChI=1S/C26H24F3N3O4/c1-34-20-7-10-32(11-8-20)23-6-5-19(14-22(23)26(27,28)29)31-25(33)24-18(9-12-35-24)16-36-21-4-2-3-17(13-21)15-30/h2-6,9,12-14,20H,7-8,10-11,16H2,1H3,(H,31,33). The minimum absolute atomic E-state index is 0.00663. The van der Waals surface area contributed by atoms with E-state index in [2.05, 4.69) is 5.32 Å². The number of carbonyl (C=O) groups excluding carboxylic acids is 1. The molecule has 0 atom stereocenters. The van der Waals surface area contributed by atoms with Crippen molar-refractivity contribution in [1.29, 1.82) is 5.26 Å². The maximum Gasteiger partial charge on any atom is 0.418 e. The first-order valence-electron chi connectivity index (χ1n) is 11.3. The maximum absolute atomic E-state index is 13.9. The number of furan rings is 1. The molecule has 3 aromatic rings. The number of hydrogen-bond donors (Lipinski definition) is 1. The number of ether oxygens (including phenoxy) is 2. The van der Waals surface area contributed by atoms with Crippen LogP contribution in [-0.2, 0) is 17.5 Å². The number of amides is 1. The molecule has 10 heteroatoms. The molecule has 0 saturated carbocycles.